The van der Waals surface area contributed by atoms with Crippen molar-refractivity contribution in [1.29, 1.82) is 0 Å². The number of methoxy groups -OCH3 is 4. The Balaban J connectivity index is 1.30. The average molecular weight is 885 g/mol. The normalized spacial score (nSPS) is 11.5. The van der Waals surface area contributed by atoms with Crippen LogP contribution < -0.4 is 28.4 Å². The molecule has 7 aromatic rings. The van der Waals surface area contributed by atoms with E-state index >= 15 is 0 Å². The van der Waals surface area contributed by atoms with E-state index in [1.54, 1.807) is 51.1 Å². The largest absolute Gasteiger partial charge is 0.496 e. The second kappa shape index (κ2) is 17.4. The maximum absolute atomic E-state index is 6.27. The van der Waals surface area contributed by atoms with Crippen molar-refractivity contribution in [3.05, 3.63) is 81.9 Å². The van der Waals surface area contributed by atoms with Gasteiger partial charge >= 0.3 is 0 Å². The molecule has 59 heavy (non-hydrogen) atoms. The van der Waals surface area contributed by atoms with E-state index in [1.165, 1.54) is 62.6 Å². The molecular weight excluding hydrogens is 833 g/mol. The maximum atomic E-state index is 6.27. The smallest absolute Gasteiger partial charge is 0.138 e. The van der Waals surface area contributed by atoms with Crippen LogP contribution in [0.4, 0.5) is 0 Å². The van der Waals surface area contributed by atoms with Gasteiger partial charge < -0.3 is 28.4 Å². The number of rotatable bonds is 14. The van der Waals surface area contributed by atoms with Crippen molar-refractivity contribution in [2.75, 3.05) is 28.4 Å². The maximum Gasteiger partial charge on any atom is 0.138 e. The minimum absolute atomic E-state index is 0.0249. The van der Waals surface area contributed by atoms with Crippen LogP contribution in [0, 0.1) is 41.5 Å². The number of hydrogen-bond donors (Lipinski definition) is 0. The lowest BCUT2D eigenvalue weighted by Crippen LogP contribution is -2.06. The molecule has 0 radical (unpaired) electrons. The predicted octanol–water partition coefficient (Wildman–Crippen LogP) is 15.5. The Labute approximate surface area is 368 Å². The van der Waals surface area contributed by atoms with Gasteiger partial charge in [0.25, 0.3) is 0 Å². The summed E-state index contributed by atoms with van der Waals surface area (Å²) >= 11 is 9.06. The molecule has 0 atom stereocenters. The number of ether oxygens (including phenoxy) is 6. The highest BCUT2D eigenvalue weighted by Crippen LogP contribution is 2.57. The Morgan fingerprint density at radius 2 is 0.627 bits per heavy atom. The minimum Gasteiger partial charge on any atom is -0.496 e. The first-order valence-corrected chi connectivity index (χ1v) is 23.7. The molecule has 5 heterocycles. The molecule has 2 aromatic carbocycles. The molecule has 0 spiro atoms. The summed E-state index contributed by atoms with van der Waals surface area (Å²) in [6, 6.07) is 16.2. The Morgan fingerprint density at radius 1 is 0.356 bits per heavy atom. The van der Waals surface area contributed by atoms with E-state index in [4.69, 9.17) is 28.4 Å². The van der Waals surface area contributed by atoms with Gasteiger partial charge in [-0.3, -0.25) is 0 Å². The Morgan fingerprint density at radius 3 is 0.898 bits per heavy atom. The van der Waals surface area contributed by atoms with E-state index in [-0.39, 0.29) is 12.2 Å². The van der Waals surface area contributed by atoms with Gasteiger partial charge in [-0.1, -0.05) is 12.1 Å². The number of hydrogen-bond acceptors (Lipinski definition) is 11. The third kappa shape index (κ3) is 7.81. The SMILES string of the molecule is COc1cc(-c2c(OC)cccc2OC(C)C)sc1-c1sc(-c2sc(-c3sc(-c4sc(-c5c(OC)cccc5OC(C)C)cc4OC)c(C)c3C)c(C)c2C)c(C)c1C. The zero-order valence-corrected chi connectivity index (χ0v) is 40.3. The van der Waals surface area contributed by atoms with Crippen molar-refractivity contribution < 1.29 is 28.4 Å². The van der Waals surface area contributed by atoms with Gasteiger partial charge in [0, 0.05) is 29.3 Å². The molecule has 0 aliphatic rings. The first-order valence-electron chi connectivity index (χ1n) is 19.6. The van der Waals surface area contributed by atoms with Gasteiger partial charge in [-0.05, 0) is 139 Å². The zero-order chi connectivity index (χ0) is 42.4. The van der Waals surface area contributed by atoms with Crippen LogP contribution in [0.5, 0.6) is 34.5 Å². The molecule has 0 saturated heterocycles. The lowest BCUT2D eigenvalue weighted by molar-refractivity contribution is 0.242. The third-order valence-electron chi connectivity index (χ3n) is 10.6. The van der Waals surface area contributed by atoms with Gasteiger partial charge in [0.05, 0.1) is 71.3 Å². The zero-order valence-electron chi connectivity index (χ0n) is 36.3. The lowest BCUT2D eigenvalue weighted by atomic mass is 10.0. The van der Waals surface area contributed by atoms with Crippen LogP contribution in [0.3, 0.4) is 0 Å². The summed E-state index contributed by atoms with van der Waals surface area (Å²) in [5.74, 6) is 4.85. The molecule has 0 unspecified atom stereocenters. The highest BCUT2D eigenvalue weighted by atomic mass is 32.1. The lowest BCUT2D eigenvalue weighted by Gasteiger charge is -2.16. The molecule has 0 fully saturated rings. The summed E-state index contributed by atoms with van der Waals surface area (Å²) in [5.41, 5.74) is 9.67. The van der Waals surface area contributed by atoms with Crippen molar-refractivity contribution in [3.8, 4) is 94.4 Å². The summed E-state index contributed by atoms with van der Waals surface area (Å²) in [6.45, 7) is 21.7. The Bertz CT molecular complexity index is 2470. The van der Waals surface area contributed by atoms with Gasteiger partial charge in [0.1, 0.15) is 34.5 Å². The molecule has 6 nitrogen and oxygen atoms in total. The topological polar surface area (TPSA) is 55.4 Å². The van der Waals surface area contributed by atoms with Crippen LogP contribution in [0.15, 0.2) is 48.5 Å². The number of thiophene rings is 5. The van der Waals surface area contributed by atoms with Crippen LogP contribution in [-0.4, -0.2) is 40.6 Å². The minimum atomic E-state index is 0.0249. The molecule has 0 bridgehead atoms. The van der Waals surface area contributed by atoms with E-state index in [1.807, 2.05) is 98.1 Å². The predicted molar refractivity (Wildman–Crippen MR) is 255 cm³/mol. The van der Waals surface area contributed by atoms with E-state index in [0.29, 0.717) is 0 Å². The molecule has 7 rings (SSSR count). The molecule has 0 aliphatic carbocycles. The van der Waals surface area contributed by atoms with Crippen LogP contribution in [0.2, 0.25) is 0 Å². The van der Waals surface area contributed by atoms with Gasteiger partial charge in [0.15, 0.2) is 0 Å². The second-order valence-corrected chi connectivity index (χ2v) is 20.2. The fraction of sp³-hybridized carbons (Fsp3) is 0.333. The summed E-state index contributed by atoms with van der Waals surface area (Å²) in [6.07, 6.45) is 0.0498. The van der Waals surface area contributed by atoms with Gasteiger partial charge in [-0.2, -0.15) is 0 Å². The van der Waals surface area contributed by atoms with E-state index < -0.39 is 0 Å². The molecule has 11 heteroatoms. The van der Waals surface area contributed by atoms with Crippen molar-refractivity contribution in [1.82, 2.24) is 0 Å². The number of benzene rings is 2. The standard InChI is InChI=1S/C48H52O6S5/c1-23(2)53-33-19-15-17-31(49-11)39(33)37-21-35(51-13)47(55-37)45-29(9)27(7)43(58-45)41-25(5)26(6)42(57-41)44-28(8)30(10)46(59-44)48-36(52-14)22-38(56-48)40-32(50-12)18-16-20-34(40)54-24(3)4/h15-24H,1-14H3. The molecule has 0 saturated carbocycles. The fourth-order valence-corrected chi connectivity index (χ4v) is 14.4. The van der Waals surface area contributed by atoms with Crippen molar-refractivity contribution >= 4 is 56.7 Å². The van der Waals surface area contributed by atoms with Gasteiger partial charge in [-0.25, -0.2) is 0 Å². The van der Waals surface area contributed by atoms with Crippen LogP contribution in [-0.2, 0) is 0 Å². The molecule has 0 aliphatic heterocycles. The average Bonchev–Trinajstić information content (AvgIpc) is 4.02. The van der Waals surface area contributed by atoms with E-state index in [2.05, 4.69) is 53.7 Å². The first kappa shape index (κ1) is 42.8. The summed E-state index contributed by atoms with van der Waals surface area (Å²) in [5, 5.41) is 0. The fourth-order valence-electron chi connectivity index (χ4n) is 7.25. The molecule has 0 N–H and O–H groups in total. The molecule has 5 aromatic heterocycles. The van der Waals surface area contributed by atoms with Crippen molar-refractivity contribution in [2.24, 2.45) is 0 Å². The van der Waals surface area contributed by atoms with Crippen molar-refractivity contribution in [3.63, 3.8) is 0 Å². The van der Waals surface area contributed by atoms with E-state index in [0.717, 1.165) is 65.1 Å². The highest BCUT2D eigenvalue weighted by Gasteiger charge is 2.28. The Kier molecular flexibility index (Phi) is 12.6. The van der Waals surface area contributed by atoms with Crippen molar-refractivity contribution in [2.45, 2.75) is 81.4 Å². The first-order chi connectivity index (χ1) is 28.2. The molecule has 310 valence electrons. The van der Waals surface area contributed by atoms with Gasteiger partial charge in [-0.15, -0.1) is 56.7 Å². The second-order valence-electron chi connectivity index (χ2n) is 15.0. The summed E-state index contributed by atoms with van der Waals surface area (Å²) in [7, 11) is 6.92. The monoisotopic (exact) mass is 884 g/mol. The van der Waals surface area contributed by atoms with Crippen LogP contribution in [0.25, 0.3) is 59.9 Å². The van der Waals surface area contributed by atoms with E-state index in [9.17, 15) is 0 Å². The van der Waals surface area contributed by atoms with Crippen LogP contribution in [0.1, 0.15) is 61.1 Å². The quantitative estimate of drug-likeness (QED) is 0.108. The molecule has 0 amide bonds. The summed E-state index contributed by atoms with van der Waals surface area (Å²) < 4.78 is 36.4. The summed E-state index contributed by atoms with van der Waals surface area (Å²) in [4.78, 5) is 12.0. The van der Waals surface area contributed by atoms with Gasteiger partial charge in [0.2, 0.25) is 0 Å². The third-order valence-corrected chi connectivity index (χ3v) is 17.7. The van der Waals surface area contributed by atoms with Crippen LogP contribution >= 0.6 is 56.7 Å². The Hall–Kier alpha value is -4.26. The molecular formula is C48H52O6S5. The highest BCUT2D eigenvalue weighted by molar-refractivity contribution is 7.31.